The molecule has 1 aliphatic heterocycles. The largest absolute Gasteiger partial charge is 0.478 e. The number of alkyl halides is 3. The highest BCUT2D eigenvalue weighted by molar-refractivity contribution is 5.76. The van der Waals surface area contributed by atoms with Crippen molar-refractivity contribution in [1.29, 1.82) is 0 Å². The van der Waals surface area contributed by atoms with Crippen molar-refractivity contribution in [2.24, 2.45) is 0 Å². The number of ether oxygens (including phenoxy) is 1. The van der Waals surface area contributed by atoms with Crippen molar-refractivity contribution >= 4 is 5.97 Å². The average Bonchev–Trinajstić information content (AvgIpc) is 2.71. The number of aliphatic carboxylic acids is 1. The molecule has 32 heavy (non-hydrogen) atoms. The number of hydrogen-bond donors (Lipinski definition) is 1. The molecule has 0 saturated carbocycles. The highest BCUT2D eigenvalue weighted by Gasteiger charge is 2.31. The number of hydrogen-bond acceptors (Lipinski definition) is 4. The minimum absolute atomic E-state index is 0.109. The van der Waals surface area contributed by atoms with Gasteiger partial charge in [0, 0.05) is 39.3 Å². The van der Waals surface area contributed by atoms with Crippen LogP contribution in [0.25, 0.3) is 0 Å². The predicted molar refractivity (Wildman–Crippen MR) is 111 cm³/mol. The Balaban J connectivity index is 1.50. The Morgan fingerprint density at radius 2 is 1.44 bits per heavy atom. The summed E-state index contributed by atoms with van der Waals surface area (Å²) in [5, 5.41) is 9.12. The molecule has 3 rings (SSSR count). The third-order valence-electron chi connectivity index (χ3n) is 5.43. The summed E-state index contributed by atoms with van der Waals surface area (Å²) in [7, 11) is 0. The highest BCUT2D eigenvalue weighted by atomic mass is 19.4. The molecule has 1 fully saturated rings. The van der Waals surface area contributed by atoms with Crippen LogP contribution in [0.3, 0.4) is 0 Å². The van der Waals surface area contributed by atoms with Crippen molar-refractivity contribution in [2.75, 3.05) is 26.2 Å². The number of carboxylic acids is 1. The monoisotopic (exact) mass is 454 g/mol. The smallest absolute Gasteiger partial charge is 0.416 e. The Labute approximate surface area is 184 Å². The topological polar surface area (TPSA) is 53.0 Å². The summed E-state index contributed by atoms with van der Waals surface area (Å²) in [5.74, 6) is -1.91. The van der Waals surface area contributed by atoms with E-state index in [4.69, 9.17) is 9.84 Å². The second-order valence-electron chi connectivity index (χ2n) is 8.43. The lowest BCUT2D eigenvalue weighted by atomic mass is 10.1. The fourth-order valence-electron chi connectivity index (χ4n) is 3.47. The molecule has 1 N–H and O–H groups in total. The molecule has 0 spiro atoms. The first-order valence-electron chi connectivity index (χ1n) is 10.3. The van der Waals surface area contributed by atoms with Gasteiger partial charge in [-0.3, -0.25) is 9.80 Å². The molecule has 2 aromatic rings. The molecule has 9 heteroatoms. The first kappa shape index (κ1) is 24.0. The zero-order chi connectivity index (χ0) is 23.5. The number of halogens is 4. The average molecular weight is 454 g/mol. The second kappa shape index (κ2) is 9.46. The Bertz CT molecular complexity index is 937. The number of benzene rings is 2. The van der Waals surface area contributed by atoms with E-state index in [1.54, 1.807) is 6.07 Å². The maximum atomic E-state index is 14.4. The lowest BCUT2D eigenvalue weighted by molar-refractivity contribution is -0.152. The normalized spacial score (nSPS) is 16.2. The quantitative estimate of drug-likeness (QED) is 0.629. The molecule has 0 aromatic heterocycles. The van der Waals surface area contributed by atoms with Crippen molar-refractivity contribution in [1.82, 2.24) is 9.80 Å². The van der Waals surface area contributed by atoms with E-state index >= 15 is 0 Å². The van der Waals surface area contributed by atoms with Crippen LogP contribution in [0.15, 0.2) is 42.5 Å². The molecule has 1 aliphatic rings. The summed E-state index contributed by atoms with van der Waals surface area (Å²) < 4.78 is 57.7. The molecule has 5 nitrogen and oxygen atoms in total. The molecule has 0 amide bonds. The zero-order valence-corrected chi connectivity index (χ0v) is 18.0. The van der Waals surface area contributed by atoms with Crippen LogP contribution < -0.4 is 4.74 Å². The van der Waals surface area contributed by atoms with Crippen LogP contribution in [0.4, 0.5) is 17.6 Å². The molecule has 0 atom stereocenters. The van der Waals surface area contributed by atoms with Gasteiger partial charge < -0.3 is 9.84 Å². The van der Waals surface area contributed by atoms with E-state index in [9.17, 15) is 22.4 Å². The van der Waals surface area contributed by atoms with Crippen molar-refractivity contribution in [3.8, 4) is 5.75 Å². The van der Waals surface area contributed by atoms with Crippen LogP contribution in [-0.4, -0.2) is 52.7 Å². The summed E-state index contributed by atoms with van der Waals surface area (Å²) >= 11 is 0. The SMILES string of the molecule is CC(C)(Oc1ccc(CN2CCN(Cc3ccc(C(F)(F)F)cc3)CC2)cc1F)C(=O)O. The number of piperazine rings is 1. The van der Waals surface area contributed by atoms with Gasteiger partial charge in [0.2, 0.25) is 0 Å². The van der Waals surface area contributed by atoms with Crippen molar-refractivity contribution in [3.63, 3.8) is 0 Å². The Kier molecular flexibility index (Phi) is 7.09. The third-order valence-corrected chi connectivity index (χ3v) is 5.43. The van der Waals surface area contributed by atoms with Gasteiger partial charge in [0.1, 0.15) is 0 Å². The maximum absolute atomic E-state index is 14.4. The van der Waals surface area contributed by atoms with E-state index in [2.05, 4.69) is 9.80 Å². The number of carboxylic acid groups (broad SMARTS) is 1. The molecule has 0 radical (unpaired) electrons. The van der Waals surface area contributed by atoms with Gasteiger partial charge in [-0.25, -0.2) is 9.18 Å². The summed E-state index contributed by atoms with van der Waals surface area (Å²) in [4.78, 5) is 15.5. The molecule has 0 aliphatic carbocycles. The Morgan fingerprint density at radius 3 is 1.91 bits per heavy atom. The van der Waals surface area contributed by atoms with Gasteiger partial charge in [-0.05, 0) is 49.2 Å². The molecule has 174 valence electrons. The van der Waals surface area contributed by atoms with Crippen LogP contribution in [-0.2, 0) is 24.1 Å². The van der Waals surface area contributed by atoms with Gasteiger partial charge in [0.25, 0.3) is 0 Å². The lowest BCUT2D eigenvalue weighted by Gasteiger charge is -2.34. The maximum Gasteiger partial charge on any atom is 0.416 e. The minimum Gasteiger partial charge on any atom is -0.478 e. The van der Waals surface area contributed by atoms with E-state index in [0.717, 1.165) is 49.4 Å². The first-order valence-corrected chi connectivity index (χ1v) is 10.3. The fourth-order valence-corrected chi connectivity index (χ4v) is 3.47. The first-order chi connectivity index (χ1) is 14.9. The number of nitrogens with zero attached hydrogens (tertiary/aromatic N) is 2. The zero-order valence-electron chi connectivity index (χ0n) is 18.0. The molecule has 2 aromatic carbocycles. The van der Waals surface area contributed by atoms with Crippen LogP contribution in [0, 0.1) is 5.82 Å². The molecular weight excluding hydrogens is 428 g/mol. The number of rotatable bonds is 7. The molecule has 1 heterocycles. The standard InChI is InChI=1S/C23H26F4N2O3/c1-22(2,21(30)31)32-20-8-5-17(13-19(20)24)15-29-11-9-28(10-12-29)14-16-3-6-18(7-4-16)23(25,26)27/h3-8,13H,9-12,14-15H2,1-2H3,(H,30,31). The summed E-state index contributed by atoms with van der Waals surface area (Å²) in [6.45, 7) is 6.80. The fraction of sp³-hybridized carbons (Fsp3) is 0.435. The van der Waals surface area contributed by atoms with Gasteiger partial charge in [-0.2, -0.15) is 13.2 Å². The van der Waals surface area contributed by atoms with Crippen molar-refractivity contribution in [3.05, 3.63) is 65.0 Å². The van der Waals surface area contributed by atoms with E-state index < -0.39 is 29.1 Å². The summed E-state index contributed by atoms with van der Waals surface area (Å²) in [5.41, 5.74) is -0.611. The van der Waals surface area contributed by atoms with Gasteiger partial charge in [0.05, 0.1) is 5.56 Å². The minimum atomic E-state index is -4.33. The Morgan fingerprint density at radius 1 is 0.938 bits per heavy atom. The molecule has 0 unspecified atom stereocenters. The van der Waals surface area contributed by atoms with Crippen LogP contribution in [0.2, 0.25) is 0 Å². The van der Waals surface area contributed by atoms with E-state index in [1.807, 2.05) is 0 Å². The van der Waals surface area contributed by atoms with Crippen LogP contribution >= 0.6 is 0 Å². The molecular formula is C23H26F4N2O3. The second-order valence-corrected chi connectivity index (χ2v) is 8.43. The number of carbonyl (C=O) groups is 1. The van der Waals surface area contributed by atoms with Gasteiger partial charge in [0.15, 0.2) is 17.2 Å². The van der Waals surface area contributed by atoms with Gasteiger partial charge >= 0.3 is 12.1 Å². The third kappa shape index (κ3) is 6.20. The van der Waals surface area contributed by atoms with Crippen molar-refractivity contribution < 1.29 is 32.2 Å². The predicted octanol–water partition coefficient (Wildman–Crippen LogP) is 4.40. The van der Waals surface area contributed by atoms with E-state index in [-0.39, 0.29) is 5.75 Å². The highest BCUT2D eigenvalue weighted by Crippen LogP contribution is 2.29. The lowest BCUT2D eigenvalue weighted by Crippen LogP contribution is -2.45. The summed E-state index contributed by atoms with van der Waals surface area (Å²) in [6, 6.07) is 9.72. The van der Waals surface area contributed by atoms with Crippen LogP contribution in [0.5, 0.6) is 5.75 Å². The molecule has 1 saturated heterocycles. The van der Waals surface area contributed by atoms with E-state index in [1.165, 1.54) is 38.1 Å². The van der Waals surface area contributed by atoms with Gasteiger partial charge in [-0.15, -0.1) is 0 Å². The van der Waals surface area contributed by atoms with Crippen molar-refractivity contribution in [2.45, 2.75) is 38.7 Å². The Hall–Kier alpha value is -2.65. The van der Waals surface area contributed by atoms with E-state index in [0.29, 0.717) is 13.1 Å². The molecule has 0 bridgehead atoms. The van der Waals surface area contributed by atoms with Gasteiger partial charge in [-0.1, -0.05) is 18.2 Å². The summed E-state index contributed by atoms with van der Waals surface area (Å²) in [6.07, 6.45) is -4.33. The van der Waals surface area contributed by atoms with Crippen LogP contribution in [0.1, 0.15) is 30.5 Å².